The molecule has 2 heterocycles. The van der Waals surface area contributed by atoms with Gasteiger partial charge in [0.2, 0.25) is 0 Å². The summed E-state index contributed by atoms with van der Waals surface area (Å²) < 4.78 is 5.11. The zero-order chi connectivity index (χ0) is 13.7. The molecule has 19 heavy (non-hydrogen) atoms. The number of hydrogen-bond donors (Lipinski definition) is 1. The number of carboxylic acid groups (broad SMARTS) is 1. The van der Waals surface area contributed by atoms with Crippen molar-refractivity contribution < 1.29 is 19.5 Å². The molecule has 2 rings (SSSR count). The molecule has 0 amide bonds. The van der Waals surface area contributed by atoms with Crippen LogP contribution >= 0.6 is 0 Å². The van der Waals surface area contributed by atoms with E-state index in [1.165, 1.54) is 12.8 Å². The van der Waals surface area contributed by atoms with Crippen LogP contribution in [0, 0.1) is 5.41 Å². The first kappa shape index (κ1) is 14.6. The van der Waals surface area contributed by atoms with Gasteiger partial charge in [-0.15, -0.1) is 5.06 Å². The van der Waals surface area contributed by atoms with Gasteiger partial charge in [0.05, 0.1) is 6.61 Å². The summed E-state index contributed by atoms with van der Waals surface area (Å²) in [5.41, 5.74) is 0.405. The Hall–Kier alpha value is -0.850. The Morgan fingerprint density at radius 2 is 1.74 bits per heavy atom. The van der Waals surface area contributed by atoms with Gasteiger partial charge in [-0.1, -0.05) is 0 Å². The molecule has 1 N–H and O–H groups in total. The predicted molar refractivity (Wildman–Crippen MR) is 69.9 cm³/mol. The molecule has 0 aromatic rings. The molecule has 0 radical (unpaired) electrons. The standard InChI is InChI=1S/C13H24N2O4/c1-18-11-10-14-6-2-13(3-7-14)4-8-15(9-5-13)19-12(16)17/h2-11H2,1H3,(H,16,17). The Morgan fingerprint density at radius 3 is 2.26 bits per heavy atom. The van der Waals surface area contributed by atoms with Gasteiger partial charge in [-0.25, -0.2) is 4.79 Å². The third-order valence-electron chi connectivity index (χ3n) is 4.52. The Morgan fingerprint density at radius 1 is 1.16 bits per heavy atom. The van der Waals surface area contributed by atoms with Crippen LogP contribution in [-0.4, -0.2) is 67.7 Å². The summed E-state index contributed by atoms with van der Waals surface area (Å²) in [4.78, 5) is 17.7. The Kier molecular flexibility index (Phi) is 5.01. The van der Waals surface area contributed by atoms with Crippen molar-refractivity contribution in [1.82, 2.24) is 9.96 Å². The normalized spacial score (nSPS) is 24.5. The highest BCUT2D eigenvalue weighted by Gasteiger charge is 2.38. The fourth-order valence-corrected chi connectivity index (χ4v) is 3.13. The largest absolute Gasteiger partial charge is 0.525 e. The van der Waals surface area contributed by atoms with E-state index in [1.807, 2.05) is 0 Å². The average molecular weight is 272 g/mol. The van der Waals surface area contributed by atoms with Crippen LogP contribution in [0.5, 0.6) is 0 Å². The Bertz CT molecular complexity index is 293. The van der Waals surface area contributed by atoms with Crippen molar-refractivity contribution in [3.63, 3.8) is 0 Å². The topological polar surface area (TPSA) is 62.2 Å². The van der Waals surface area contributed by atoms with E-state index in [9.17, 15) is 4.79 Å². The van der Waals surface area contributed by atoms with Crippen LogP contribution in [0.2, 0.25) is 0 Å². The number of hydrogen-bond acceptors (Lipinski definition) is 5. The summed E-state index contributed by atoms with van der Waals surface area (Å²) >= 11 is 0. The number of nitrogens with zero attached hydrogens (tertiary/aromatic N) is 2. The zero-order valence-corrected chi connectivity index (χ0v) is 11.6. The van der Waals surface area contributed by atoms with Gasteiger partial charge in [0.25, 0.3) is 0 Å². The van der Waals surface area contributed by atoms with Crippen LogP contribution in [0.1, 0.15) is 25.7 Å². The van der Waals surface area contributed by atoms with E-state index >= 15 is 0 Å². The maximum atomic E-state index is 10.5. The van der Waals surface area contributed by atoms with Crippen molar-refractivity contribution in [2.45, 2.75) is 25.7 Å². The molecule has 0 aromatic heterocycles. The van der Waals surface area contributed by atoms with Gasteiger partial charge in [-0.05, 0) is 44.2 Å². The molecular formula is C13H24N2O4. The van der Waals surface area contributed by atoms with E-state index in [0.717, 1.165) is 52.2 Å². The summed E-state index contributed by atoms with van der Waals surface area (Å²) in [5, 5.41) is 10.2. The molecule has 0 atom stereocenters. The zero-order valence-electron chi connectivity index (χ0n) is 11.6. The van der Waals surface area contributed by atoms with Crippen molar-refractivity contribution >= 4 is 6.16 Å². The third-order valence-corrected chi connectivity index (χ3v) is 4.52. The molecule has 110 valence electrons. The molecule has 1 spiro atoms. The van der Waals surface area contributed by atoms with E-state index in [4.69, 9.17) is 14.7 Å². The lowest BCUT2D eigenvalue weighted by atomic mass is 9.71. The lowest BCUT2D eigenvalue weighted by Gasteiger charge is -2.46. The molecule has 0 aromatic carbocycles. The molecule has 6 heteroatoms. The fourth-order valence-electron chi connectivity index (χ4n) is 3.13. The van der Waals surface area contributed by atoms with E-state index in [1.54, 1.807) is 12.2 Å². The first-order valence-corrected chi connectivity index (χ1v) is 7.01. The summed E-state index contributed by atoms with van der Waals surface area (Å²) in [7, 11) is 1.74. The van der Waals surface area contributed by atoms with Crippen LogP contribution in [0.4, 0.5) is 4.79 Å². The van der Waals surface area contributed by atoms with Crippen molar-refractivity contribution in [1.29, 1.82) is 0 Å². The minimum atomic E-state index is -1.20. The van der Waals surface area contributed by atoms with Crippen molar-refractivity contribution in [3.05, 3.63) is 0 Å². The van der Waals surface area contributed by atoms with Gasteiger partial charge in [-0.2, -0.15) is 0 Å². The van der Waals surface area contributed by atoms with Gasteiger partial charge in [-0.3, -0.25) is 0 Å². The molecule has 2 aliphatic rings. The first-order valence-electron chi connectivity index (χ1n) is 7.01. The molecule has 6 nitrogen and oxygen atoms in total. The number of likely N-dealkylation sites (tertiary alicyclic amines) is 1. The van der Waals surface area contributed by atoms with Gasteiger partial charge in [0, 0.05) is 26.7 Å². The minimum absolute atomic E-state index is 0.405. The van der Waals surface area contributed by atoms with Crippen LogP contribution in [0.25, 0.3) is 0 Å². The number of methoxy groups -OCH3 is 1. The van der Waals surface area contributed by atoms with Crippen LogP contribution < -0.4 is 0 Å². The molecule has 0 saturated carbocycles. The highest BCUT2D eigenvalue weighted by atomic mass is 16.8. The second-order valence-electron chi connectivity index (χ2n) is 5.62. The predicted octanol–water partition coefficient (Wildman–Crippen LogP) is 1.42. The molecule has 2 fully saturated rings. The minimum Gasteiger partial charge on any atom is -0.448 e. The van der Waals surface area contributed by atoms with Crippen LogP contribution in [0.15, 0.2) is 0 Å². The average Bonchev–Trinajstić information content (AvgIpc) is 2.41. The SMILES string of the molecule is COCCN1CCC2(CC1)CCN(OC(=O)O)CC2. The lowest BCUT2D eigenvalue weighted by Crippen LogP contribution is -2.47. The van der Waals surface area contributed by atoms with Crippen LogP contribution in [-0.2, 0) is 9.57 Å². The van der Waals surface area contributed by atoms with Crippen LogP contribution in [0.3, 0.4) is 0 Å². The molecule has 0 aliphatic carbocycles. The number of ether oxygens (including phenoxy) is 1. The second-order valence-corrected chi connectivity index (χ2v) is 5.62. The monoisotopic (exact) mass is 272 g/mol. The first-order chi connectivity index (χ1) is 9.13. The summed E-state index contributed by atoms with van der Waals surface area (Å²) in [6, 6.07) is 0. The Labute approximate surface area is 114 Å². The van der Waals surface area contributed by atoms with Gasteiger partial charge in [0.1, 0.15) is 0 Å². The molecular weight excluding hydrogens is 248 g/mol. The molecule has 2 saturated heterocycles. The number of rotatable bonds is 4. The smallest absolute Gasteiger partial charge is 0.448 e. The van der Waals surface area contributed by atoms with Gasteiger partial charge in [0.15, 0.2) is 0 Å². The summed E-state index contributed by atoms with van der Waals surface area (Å²) in [6.45, 7) is 5.52. The van der Waals surface area contributed by atoms with Gasteiger partial charge < -0.3 is 19.6 Å². The number of hydroxylamine groups is 2. The third kappa shape index (κ3) is 4.06. The number of carbonyl (C=O) groups is 1. The summed E-state index contributed by atoms with van der Waals surface area (Å²) in [5.74, 6) is 0. The van der Waals surface area contributed by atoms with Crippen molar-refractivity contribution in [2.75, 3.05) is 46.4 Å². The van der Waals surface area contributed by atoms with E-state index in [0.29, 0.717) is 5.41 Å². The summed E-state index contributed by atoms with van der Waals surface area (Å²) in [6.07, 6.45) is 3.29. The fraction of sp³-hybridized carbons (Fsp3) is 0.923. The second kappa shape index (κ2) is 6.54. The lowest BCUT2D eigenvalue weighted by molar-refractivity contribution is -0.151. The van der Waals surface area contributed by atoms with E-state index in [-0.39, 0.29) is 0 Å². The van der Waals surface area contributed by atoms with E-state index in [2.05, 4.69) is 4.90 Å². The molecule has 2 aliphatic heterocycles. The van der Waals surface area contributed by atoms with Gasteiger partial charge >= 0.3 is 6.16 Å². The Balaban J connectivity index is 1.73. The molecule has 0 unspecified atom stereocenters. The highest BCUT2D eigenvalue weighted by molar-refractivity contribution is 5.56. The maximum absolute atomic E-state index is 10.5. The quantitative estimate of drug-likeness (QED) is 0.835. The van der Waals surface area contributed by atoms with Crippen molar-refractivity contribution in [2.24, 2.45) is 5.41 Å². The highest BCUT2D eigenvalue weighted by Crippen LogP contribution is 2.41. The number of piperidine rings is 2. The van der Waals surface area contributed by atoms with E-state index < -0.39 is 6.16 Å². The molecule has 0 bridgehead atoms. The van der Waals surface area contributed by atoms with Crippen molar-refractivity contribution in [3.8, 4) is 0 Å². The maximum Gasteiger partial charge on any atom is 0.525 e.